The molecular formula is C17H20BrN3O6. The number of nitro benzene ring substituents is 1. The number of nitro groups is 1. The van der Waals surface area contributed by atoms with E-state index >= 15 is 0 Å². The minimum atomic E-state index is -1.47. The summed E-state index contributed by atoms with van der Waals surface area (Å²) < 4.78 is 16.2. The average molecular weight is 442 g/mol. The Morgan fingerprint density at radius 3 is 2.26 bits per heavy atom. The Balaban J connectivity index is 2.58. The highest BCUT2D eigenvalue weighted by Gasteiger charge is 2.29. The number of hydrogen-bond acceptors (Lipinski definition) is 8. The molecule has 0 saturated carbocycles. The molecule has 1 aromatic carbocycles. The lowest BCUT2D eigenvalue weighted by atomic mass is 10.0. The van der Waals surface area contributed by atoms with Gasteiger partial charge in [-0.3, -0.25) is 10.1 Å². The number of hydrogen-bond donors (Lipinski definition) is 1. The first-order valence-electron chi connectivity index (χ1n) is 8.00. The quantitative estimate of drug-likeness (QED) is 0.490. The van der Waals surface area contributed by atoms with Crippen LogP contribution in [-0.4, -0.2) is 40.3 Å². The van der Waals surface area contributed by atoms with E-state index in [1.54, 1.807) is 6.07 Å². The maximum absolute atomic E-state index is 11.7. The molecule has 0 fully saturated rings. The van der Waals surface area contributed by atoms with Crippen LogP contribution >= 0.6 is 15.9 Å². The molecule has 2 rings (SSSR count). The molecule has 0 aliphatic rings. The number of aliphatic hydroxyl groups excluding tert-OH is 1. The fourth-order valence-corrected chi connectivity index (χ4v) is 2.89. The maximum atomic E-state index is 11.7. The zero-order valence-electron chi connectivity index (χ0n) is 15.3. The van der Waals surface area contributed by atoms with E-state index in [2.05, 4.69) is 25.9 Å². The molecule has 10 heteroatoms. The summed E-state index contributed by atoms with van der Waals surface area (Å²) in [5.41, 5.74) is 0.107. The normalized spacial score (nSPS) is 12.1. The summed E-state index contributed by atoms with van der Waals surface area (Å²) in [6, 6.07) is 4.48. The molecule has 0 saturated heterocycles. The molecule has 0 aliphatic heterocycles. The molecule has 2 aromatic rings. The molecule has 1 N–H and O–H groups in total. The summed E-state index contributed by atoms with van der Waals surface area (Å²) in [5, 5.41) is 22.5. The van der Waals surface area contributed by atoms with E-state index in [9.17, 15) is 15.2 Å². The van der Waals surface area contributed by atoms with E-state index in [-0.39, 0.29) is 41.5 Å². The maximum Gasteiger partial charge on any atom is 0.281 e. The minimum Gasteiger partial charge on any atom is -0.481 e. The van der Waals surface area contributed by atoms with Crippen molar-refractivity contribution in [1.82, 2.24) is 9.97 Å². The van der Waals surface area contributed by atoms with Gasteiger partial charge >= 0.3 is 0 Å². The van der Waals surface area contributed by atoms with E-state index < -0.39 is 11.0 Å². The van der Waals surface area contributed by atoms with Gasteiger partial charge in [-0.15, -0.1) is 0 Å². The number of methoxy groups -OCH3 is 2. The Morgan fingerprint density at radius 2 is 1.78 bits per heavy atom. The number of aliphatic hydroxyl groups is 1. The van der Waals surface area contributed by atoms with Crippen LogP contribution in [0.2, 0.25) is 0 Å². The molecule has 0 bridgehead atoms. The van der Waals surface area contributed by atoms with E-state index in [1.807, 2.05) is 13.8 Å². The van der Waals surface area contributed by atoms with E-state index in [1.165, 1.54) is 26.4 Å². The van der Waals surface area contributed by atoms with Gasteiger partial charge in [0.2, 0.25) is 11.8 Å². The third-order valence-electron chi connectivity index (χ3n) is 3.59. The van der Waals surface area contributed by atoms with Gasteiger partial charge in [0.05, 0.1) is 49.0 Å². The van der Waals surface area contributed by atoms with Gasteiger partial charge in [-0.25, -0.2) is 0 Å². The Morgan fingerprint density at radius 1 is 1.19 bits per heavy atom. The largest absolute Gasteiger partial charge is 0.481 e. The van der Waals surface area contributed by atoms with Crippen molar-refractivity contribution < 1.29 is 24.2 Å². The van der Waals surface area contributed by atoms with Crippen LogP contribution in [0.15, 0.2) is 22.7 Å². The highest BCUT2D eigenvalue weighted by molar-refractivity contribution is 9.10. The Hall–Kier alpha value is -2.30. The summed E-state index contributed by atoms with van der Waals surface area (Å²) >= 11 is 3.32. The van der Waals surface area contributed by atoms with Crippen LogP contribution in [0.25, 0.3) is 0 Å². The van der Waals surface area contributed by atoms with Crippen LogP contribution in [0.4, 0.5) is 5.69 Å². The highest BCUT2D eigenvalue weighted by atomic mass is 79.9. The van der Waals surface area contributed by atoms with Crippen molar-refractivity contribution in [2.45, 2.75) is 32.7 Å². The van der Waals surface area contributed by atoms with Gasteiger partial charge in [0, 0.05) is 4.47 Å². The van der Waals surface area contributed by atoms with Gasteiger partial charge in [-0.05, 0) is 26.0 Å². The van der Waals surface area contributed by atoms with Gasteiger partial charge in [-0.2, -0.15) is 9.97 Å². The minimum absolute atomic E-state index is 0.0232. The molecular weight excluding hydrogens is 422 g/mol. The number of nitrogens with zero attached hydrogens (tertiary/aromatic N) is 3. The lowest BCUT2D eigenvalue weighted by molar-refractivity contribution is -0.387. The molecule has 0 amide bonds. The SMILES string of the molecule is COc1cc(OC)nc(C(O)c2cc(Br)cc(COC(C)C)c2[N+](=O)[O-])n1. The van der Waals surface area contributed by atoms with Crippen LogP contribution in [0.5, 0.6) is 11.8 Å². The molecule has 1 atom stereocenters. The predicted molar refractivity (Wildman–Crippen MR) is 99.9 cm³/mol. The van der Waals surface area contributed by atoms with Gasteiger partial charge in [-0.1, -0.05) is 15.9 Å². The zero-order valence-corrected chi connectivity index (χ0v) is 16.9. The van der Waals surface area contributed by atoms with Gasteiger partial charge < -0.3 is 19.3 Å². The van der Waals surface area contributed by atoms with E-state index in [0.29, 0.717) is 10.0 Å². The summed E-state index contributed by atoms with van der Waals surface area (Å²) in [6.07, 6.45) is -1.58. The van der Waals surface area contributed by atoms with E-state index in [4.69, 9.17) is 14.2 Å². The van der Waals surface area contributed by atoms with Crippen LogP contribution in [0.1, 0.15) is 36.9 Å². The molecule has 1 aromatic heterocycles. The van der Waals surface area contributed by atoms with Crippen LogP contribution in [0.3, 0.4) is 0 Å². The Kier molecular flexibility index (Phi) is 7.05. The van der Waals surface area contributed by atoms with Crippen LogP contribution in [0, 0.1) is 10.1 Å². The third kappa shape index (κ3) is 5.12. The molecule has 1 unspecified atom stereocenters. The number of halogens is 1. The second-order valence-electron chi connectivity index (χ2n) is 5.83. The standard InChI is InChI=1S/C17H20BrN3O6/c1-9(2)27-8-10-5-11(18)6-12(15(10)21(23)24)16(22)17-19-13(25-3)7-14(20-17)26-4/h5-7,9,16,22H,8H2,1-4H3. The zero-order chi connectivity index (χ0) is 20.1. The van der Waals surface area contributed by atoms with Crippen LogP contribution < -0.4 is 9.47 Å². The fraction of sp³-hybridized carbons (Fsp3) is 0.412. The van der Waals surface area contributed by atoms with Crippen molar-refractivity contribution >= 4 is 21.6 Å². The lowest BCUT2D eigenvalue weighted by Crippen LogP contribution is -2.12. The topological polar surface area (TPSA) is 117 Å². The number of rotatable bonds is 8. The number of benzene rings is 1. The van der Waals surface area contributed by atoms with Crippen molar-refractivity contribution in [2.75, 3.05) is 14.2 Å². The van der Waals surface area contributed by atoms with Crippen molar-refractivity contribution in [2.24, 2.45) is 0 Å². The lowest BCUT2D eigenvalue weighted by Gasteiger charge is -2.15. The molecule has 146 valence electrons. The van der Waals surface area contributed by atoms with Crippen molar-refractivity contribution in [3.05, 3.63) is 49.7 Å². The summed E-state index contributed by atoms with van der Waals surface area (Å²) in [6.45, 7) is 3.68. The molecule has 0 radical (unpaired) electrons. The van der Waals surface area contributed by atoms with Crippen molar-refractivity contribution in [1.29, 1.82) is 0 Å². The fourth-order valence-electron chi connectivity index (χ4n) is 2.37. The van der Waals surface area contributed by atoms with E-state index in [0.717, 1.165) is 0 Å². The highest BCUT2D eigenvalue weighted by Crippen LogP contribution is 2.36. The molecule has 9 nitrogen and oxygen atoms in total. The smallest absolute Gasteiger partial charge is 0.281 e. The van der Waals surface area contributed by atoms with Gasteiger partial charge in [0.15, 0.2) is 5.82 Å². The van der Waals surface area contributed by atoms with Gasteiger partial charge in [0.1, 0.15) is 6.10 Å². The summed E-state index contributed by atoms with van der Waals surface area (Å²) in [4.78, 5) is 19.3. The monoisotopic (exact) mass is 441 g/mol. The molecule has 0 aliphatic carbocycles. The number of ether oxygens (including phenoxy) is 3. The van der Waals surface area contributed by atoms with Gasteiger partial charge in [0.25, 0.3) is 5.69 Å². The first kappa shape index (κ1) is 21.0. The summed E-state index contributed by atoms with van der Waals surface area (Å²) in [5.74, 6) is 0.247. The van der Waals surface area contributed by atoms with Crippen LogP contribution in [-0.2, 0) is 11.3 Å². The second kappa shape index (κ2) is 9.07. The molecule has 27 heavy (non-hydrogen) atoms. The summed E-state index contributed by atoms with van der Waals surface area (Å²) in [7, 11) is 2.81. The second-order valence-corrected chi connectivity index (χ2v) is 6.75. The number of aromatic nitrogens is 2. The Labute approximate surface area is 164 Å². The third-order valence-corrected chi connectivity index (χ3v) is 4.05. The van der Waals surface area contributed by atoms with Crippen molar-refractivity contribution in [3.63, 3.8) is 0 Å². The first-order chi connectivity index (χ1) is 12.8. The van der Waals surface area contributed by atoms with Crippen molar-refractivity contribution in [3.8, 4) is 11.8 Å². The first-order valence-corrected chi connectivity index (χ1v) is 8.79. The average Bonchev–Trinajstić information content (AvgIpc) is 2.64. The Bertz CT molecular complexity index is 808. The molecule has 1 heterocycles. The molecule has 0 spiro atoms. The predicted octanol–water partition coefficient (Wildman–Crippen LogP) is 3.17.